The summed E-state index contributed by atoms with van der Waals surface area (Å²) in [7, 11) is -4.37. The average molecular weight is 431 g/mol. The Morgan fingerprint density at radius 3 is 2.17 bits per heavy atom. The predicted molar refractivity (Wildman–Crippen MR) is 121 cm³/mol. The van der Waals surface area contributed by atoms with Gasteiger partial charge in [0.15, 0.2) is 0 Å². The number of phosphoric ester groups is 1. The Hall–Kier alpha value is -0.680. The van der Waals surface area contributed by atoms with Crippen LogP contribution in [-0.2, 0) is 9.09 Å². The molecule has 0 fully saturated rings. The zero-order valence-electron chi connectivity index (χ0n) is 18.4. The number of hydrogen-bond acceptors (Lipinski definition) is 4. The SMILES string of the molecule is CCCCCCCC/C=C/CCCCCCCC1=NCCN1CCOP(=O)(O)O. The fraction of sp³-hybridized carbons (Fsp3) is 0.864. The van der Waals surface area contributed by atoms with Crippen LogP contribution in [0.5, 0.6) is 0 Å². The first-order valence-electron chi connectivity index (χ1n) is 11.7. The lowest BCUT2D eigenvalue weighted by atomic mass is 10.1. The van der Waals surface area contributed by atoms with Gasteiger partial charge in [0.2, 0.25) is 0 Å². The van der Waals surface area contributed by atoms with Gasteiger partial charge in [0.05, 0.1) is 19.0 Å². The summed E-state index contributed by atoms with van der Waals surface area (Å²) >= 11 is 0. The molecular formula is C22H43N2O4P. The van der Waals surface area contributed by atoms with Crippen molar-refractivity contribution in [3.63, 3.8) is 0 Å². The normalized spacial score (nSPS) is 14.9. The summed E-state index contributed by atoms with van der Waals surface area (Å²) in [6, 6.07) is 0. The molecule has 0 aromatic carbocycles. The lowest BCUT2D eigenvalue weighted by molar-refractivity contribution is 0.185. The van der Waals surface area contributed by atoms with E-state index in [1.165, 1.54) is 77.0 Å². The van der Waals surface area contributed by atoms with Gasteiger partial charge < -0.3 is 14.7 Å². The Kier molecular flexibility index (Phi) is 15.5. The smallest absolute Gasteiger partial charge is 0.356 e. The Bertz CT molecular complexity index is 505. The first-order chi connectivity index (χ1) is 14.0. The van der Waals surface area contributed by atoms with Crippen LogP contribution in [-0.4, -0.2) is 46.8 Å². The van der Waals surface area contributed by atoms with E-state index in [9.17, 15) is 4.57 Å². The molecule has 0 spiro atoms. The number of hydrogen-bond donors (Lipinski definition) is 2. The zero-order chi connectivity index (χ0) is 21.2. The molecule has 0 radical (unpaired) electrons. The molecule has 6 nitrogen and oxygen atoms in total. The van der Waals surface area contributed by atoms with Crippen LogP contribution in [0.4, 0.5) is 0 Å². The summed E-state index contributed by atoms with van der Waals surface area (Å²) in [6.45, 7) is 4.39. The summed E-state index contributed by atoms with van der Waals surface area (Å²) in [5.74, 6) is 1.07. The van der Waals surface area contributed by atoms with Gasteiger partial charge in [-0.15, -0.1) is 0 Å². The number of amidine groups is 1. The van der Waals surface area contributed by atoms with Gasteiger partial charge in [-0.1, -0.05) is 70.4 Å². The molecule has 29 heavy (non-hydrogen) atoms. The molecule has 0 aromatic rings. The summed E-state index contributed by atoms with van der Waals surface area (Å²) in [5.41, 5.74) is 0. The van der Waals surface area contributed by atoms with Crippen molar-refractivity contribution in [3.8, 4) is 0 Å². The van der Waals surface area contributed by atoms with Gasteiger partial charge in [0, 0.05) is 19.5 Å². The minimum Gasteiger partial charge on any atom is -0.356 e. The molecule has 1 aliphatic rings. The maximum absolute atomic E-state index is 10.7. The first kappa shape index (κ1) is 26.4. The third kappa shape index (κ3) is 15.8. The minimum atomic E-state index is -4.37. The molecule has 2 N–H and O–H groups in total. The van der Waals surface area contributed by atoms with Crippen molar-refractivity contribution >= 4 is 13.7 Å². The molecule has 0 saturated carbocycles. The van der Waals surface area contributed by atoms with Crippen LogP contribution in [0.1, 0.15) is 96.8 Å². The highest BCUT2D eigenvalue weighted by atomic mass is 31.2. The second-order valence-electron chi connectivity index (χ2n) is 7.94. The third-order valence-electron chi connectivity index (χ3n) is 5.31. The van der Waals surface area contributed by atoms with E-state index < -0.39 is 7.82 Å². The van der Waals surface area contributed by atoms with Crippen LogP contribution < -0.4 is 0 Å². The summed E-state index contributed by atoms with van der Waals surface area (Å²) in [4.78, 5) is 24.1. The maximum Gasteiger partial charge on any atom is 0.469 e. The molecule has 0 aromatic heterocycles. The van der Waals surface area contributed by atoms with E-state index >= 15 is 0 Å². The van der Waals surface area contributed by atoms with E-state index in [2.05, 4.69) is 33.5 Å². The number of unbranched alkanes of at least 4 members (excludes halogenated alkanes) is 11. The summed E-state index contributed by atoms with van der Waals surface area (Å²) in [6.07, 6.45) is 22.5. The second-order valence-corrected chi connectivity index (χ2v) is 9.18. The minimum absolute atomic E-state index is 0.0374. The van der Waals surface area contributed by atoms with Crippen molar-refractivity contribution in [2.75, 3.05) is 26.2 Å². The molecule has 0 atom stereocenters. The zero-order valence-corrected chi connectivity index (χ0v) is 19.3. The van der Waals surface area contributed by atoms with Crippen molar-refractivity contribution in [2.24, 2.45) is 4.99 Å². The quantitative estimate of drug-likeness (QED) is 0.153. The van der Waals surface area contributed by atoms with Crippen molar-refractivity contribution in [1.29, 1.82) is 0 Å². The largest absolute Gasteiger partial charge is 0.469 e. The number of allylic oxidation sites excluding steroid dienone is 2. The van der Waals surface area contributed by atoms with Crippen LogP contribution in [0, 0.1) is 0 Å². The third-order valence-corrected chi connectivity index (χ3v) is 5.83. The molecule has 0 bridgehead atoms. The van der Waals surface area contributed by atoms with Crippen LogP contribution >= 0.6 is 7.82 Å². The van der Waals surface area contributed by atoms with E-state index in [-0.39, 0.29) is 6.61 Å². The molecule has 0 saturated heterocycles. The van der Waals surface area contributed by atoms with Crippen molar-refractivity contribution in [1.82, 2.24) is 4.90 Å². The van der Waals surface area contributed by atoms with Crippen LogP contribution in [0.3, 0.4) is 0 Å². The Balaban J connectivity index is 1.91. The molecule has 1 rings (SSSR count). The van der Waals surface area contributed by atoms with E-state index in [0.717, 1.165) is 31.8 Å². The monoisotopic (exact) mass is 430 g/mol. The number of aliphatic imine (C=N–C) groups is 1. The summed E-state index contributed by atoms with van der Waals surface area (Å²) < 4.78 is 15.3. The van der Waals surface area contributed by atoms with E-state index in [1.807, 2.05) is 0 Å². The molecule has 0 unspecified atom stereocenters. The van der Waals surface area contributed by atoms with E-state index in [4.69, 9.17) is 9.79 Å². The maximum atomic E-state index is 10.7. The average Bonchev–Trinajstić information content (AvgIpc) is 3.11. The molecule has 170 valence electrons. The van der Waals surface area contributed by atoms with Crippen molar-refractivity contribution < 1.29 is 18.9 Å². The first-order valence-corrected chi connectivity index (χ1v) is 13.2. The highest BCUT2D eigenvalue weighted by Crippen LogP contribution is 2.35. The van der Waals surface area contributed by atoms with Gasteiger partial charge in [-0.05, 0) is 32.1 Å². The molecule has 1 heterocycles. The van der Waals surface area contributed by atoms with Crippen LogP contribution in [0.2, 0.25) is 0 Å². The van der Waals surface area contributed by atoms with Gasteiger partial charge in [-0.2, -0.15) is 0 Å². The highest BCUT2D eigenvalue weighted by molar-refractivity contribution is 7.46. The van der Waals surface area contributed by atoms with Crippen LogP contribution in [0.25, 0.3) is 0 Å². The lowest BCUT2D eigenvalue weighted by Gasteiger charge is -2.20. The van der Waals surface area contributed by atoms with Gasteiger partial charge in [-0.25, -0.2) is 4.57 Å². The lowest BCUT2D eigenvalue weighted by Crippen LogP contribution is -2.31. The Morgan fingerprint density at radius 1 is 0.966 bits per heavy atom. The Morgan fingerprint density at radius 2 is 1.55 bits per heavy atom. The van der Waals surface area contributed by atoms with Crippen molar-refractivity contribution in [2.45, 2.75) is 96.8 Å². The molecule has 0 aliphatic carbocycles. The molecule has 0 amide bonds. The number of nitrogens with zero attached hydrogens (tertiary/aromatic N) is 2. The van der Waals surface area contributed by atoms with Gasteiger partial charge in [-0.3, -0.25) is 9.52 Å². The Labute approximate surface area is 178 Å². The van der Waals surface area contributed by atoms with E-state index in [0.29, 0.717) is 6.54 Å². The topological polar surface area (TPSA) is 82.4 Å². The molecule has 1 aliphatic heterocycles. The van der Waals surface area contributed by atoms with Crippen LogP contribution in [0.15, 0.2) is 17.1 Å². The fourth-order valence-corrected chi connectivity index (χ4v) is 3.95. The van der Waals surface area contributed by atoms with Gasteiger partial charge >= 0.3 is 7.82 Å². The predicted octanol–water partition coefficient (Wildman–Crippen LogP) is 5.85. The number of rotatable bonds is 19. The highest BCUT2D eigenvalue weighted by Gasteiger charge is 2.18. The number of phosphoric acid groups is 1. The van der Waals surface area contributed by atoms with Gasteiger partial charge in [0.1, 0.15) is 0 Å². The molecule has 7 heteroatoms. The fourth-order valence-electron chi connectivity index (χ4n) is 3.63. The molecular weight excluding hydrogens is 387 g/mol. The van der Waals surface area contributed by atoms with E-state index in [1.54, 1.807) is 0 Å². The summed E-state index contributed by atoms with van der Waals surface area (Å²) in [5, 5.41) is 0. The van der Waals surface area contributed by atoms with Crippen molar-refractivity contribution in [3.05, 3.63) is 12.2 Å². The second kappa shape index (κ2) is 17.0. The standard InChI is InChI=1S/C22H43N2O4P/c1-2-3-4-5-6-7-8-9-10-11-12-13-14-15-16-17-22-23-18-19-24(22)20-21-28-29(25,26)27/h9-10H,2-8,11-21H2,1H3,(H2,25,26,27)/b10-9+. The van der Waals surface area contributed by atoms with Gasteiger partial charge in [0.25, 0.3) is 0 Å².